The van der Waals surface area contributed by atoms with Crippen molar-refractivity contribution in [1.82, 2.24) is 5.32 Å². The van der Waals surface area contributed by atoms with E-state index >= 15 is 0 Å². The number of amides is 2. The van der Waals surface area contributed by atoms with Gasteiger partial charge in [0, 0.05) is 12.1 Å². The van der Waals surface area contributed by atoms with E-state index in [1.807, 2.05) is 0 Å². The molecule has 0 aliphatic carbocycles. The van der Waals surface area contributed by atoms with Crippen LogP contribution in [0, 0.1) is 0 Å². The van der Waals surface area contributed by atoms with Crippen LogP contribution in [-0.4, -0.2) is 36.9 Å². The summed E-state index contributed by atoms with van der Waals surface area (Å²) in [5.41, 5.74) is 0.180. The maximum atomic E-state index is 11.6. The maximum Gasteiger partial charge on any atom is 0.334 e. The number of carbonyl (C=O) groups is 2. The first-order chi connectivity index (χ1) is 9.35. The molecule has 0 aliphatic rings. The van der Waals surface area contributed by atoms with Gasteiger partial charge in [-0.25, -0.2) is 9.59 Å². The molecule has 110 valence electrons. The second-order valence-corrected chi connectivity index (χ2v) is 4.89. The standard InChI is InChI=1S/C11H11Cl3N2O4/c1-20-8(10(17)18)4-15-11(19)16-9-6(13)2-5(12)3-7(9)14/h2-3,8H,4H2,1H3,(H,17,18)(H2,15,16,19). The fourth-order valence-electron chi connectivity index (χ4n) is 1.28. The number of carboxylic acid groups (broad SMARTS) is 1. The van der Waals surface area contributed by atoms with Crippen LogP contribution in [-0.2, 0) is 9.53 Å². The number of carboxylic acids is 1. The lowest BCUT2D eigenvalue weighted by Gasteiger charge is -2.13. The minimum atomic E-state index is -1.18. The molecule has 0 saturated carbocycles. The number of anilines is 1. The molecule has 0 aromatic heterocycles. The summed E-state index contributed by atoms with van der Waals surface area (Å²) >= 11 is 17.5. The third-order valence-electron chi connectivity index (χ3n) is 2.25. The molecule has 0 saturated heterocycles. The number of nitrogens with one attached hydrogen (secondary N) is 2. The van der Waals surface area contributed by atoms with Crippen LogP contribution >= 0.6 is 34.8 Å². The summed E-state index contributed by atoms with van der Waals surface area (Å²) in [6, 6.07) is 2.17. The number of aliphatic carboxylic acids is 1. The van der Waals surface area contributed by atoms with E-state index in [1.165, 1.54) is 19.2 Å². The van der Waals surface area contributed by atoms with E-state index in [0.717, 1.165) is 0 Å². The molecule has 0 fully saturated rings. The fraction of sp³-hybridized carbons (Fsp3) is 0.273. The molecule has 2 amide bonds. The molecule has 1 aromatic carbocycles. The van der Waals surface area contributed by atoms with Crippen molar-refractivity contribution in [1.29, 1.82) is 0 Å². The second kappa shape index (κ2) is 7.54. The zero-order valence-corrected chi connectivity index (χ0v) is 12.5. The van der Waals surface area contributed by atoms with Crippen LogP contribution < -0.4 is 10.6 Å². The zero-order valence-electron chi connectivity index (χ0n) is 10.2. The summed E-state index contributed by atoms with van der Waals surface area (Å²) in [4.78, 5) is 22.3. The number of carbonyl (C=O) groups excluding carboxylic acids is 1. The van der Waals surface area contributed by atoms with Crippen LogP contribution in [0.5, 0.6) is 0 Å². The minimum Gasteiger partial charge on any atom is -0.479 e. The molecule has 0 aliphatic heterocycles. The second-order valence-electron chi connectivity index (χ2n) is 3.64. The number of urea groups is 1. The third kappa shape index (κ3) is 4.72. The average molecular weight is 342 g/mol. The molecule has 20 heavy (non-hydrogen) atoms. The Morgan fingerprint density at radius 2 is 1.85 bits per heavy atom. The molecule has 6 nitrogen and oxygen atoms in total. The van der Waals surface area contributed by atoms with Crippen LogP contribution in [0.2, 0.25) is 15.1 Å². The highest BCUT2D eigenvalue weighted by atomic mass is 35.5. The van der Waals surface area contributed by atoms with Gasteiger partial charge in [0.05, 0.1) is 22.3 Å². The summed E-state index contributed by atoms with van der Waals surface area (Å²) in [5.74, 6) is -1.18. The van der Waals surface area contributed by atoms with Crippen molar-refractivity contribution in [2.75, 3.05) is 19.0 Å². The van der Waals surface area contributed by atoms with Gasteiger partial charge in [-0.05, 0) is 12.1 Å². The Kier molecular flexibility index (Phi) is 6.35. The van der Waals surface area contributed by atoms with Gasteiger partial charge in [-0.1, -0.05) is 34.8 Å². The van der Waals surface area contributed by atoms with Gasteiger partial charge in [0.15, 0.2) is 6.10 Å². The van der Waals surface area contributed by atoms with E-state index in [2.05, 4.69) is 15.4 Å². The van der Waals surface area contributed by atoms with Gasteiger partial charge in [0.1, 0.15) is 0 Å². The maximum absolute atomic E-state index is 11.6. The van der Waals surface area contributed by atoms with E-state index in [1.54, 1.807) is 0 Å². The van der Waals surface area contributed by atoms with Crippen molar-refractivity contribution >= 4 is 52.5 Å². The summed E-state index contributed by atoms with van der Waals surface area (Å²) in [7, 11) is 1.23. The Labute approximate surface area is 129 Å². The Balaban J connectivity index is 2.66. The largest absolute Gasteiger partial charge is 0.479 e. The average Bonchev–Trinajstić information content (AvgIpc) is 2.34. The number of methoxy groups -OCH3 is 1. The first-order valence-electron chi connectivity index (χ1n) is 5.30. The van der Waals surface area contributed by atoms with Gasteiger partial charge in [-0.3, -0.25) is 0 Å². The smallest absolute Gasteiger partial charge is 0.334 e. The fourth-order valence-corrected chi connectivity index (χ4v) is 2.19. The molecule has 1 rings (SSSR count). The van der Waals surface area contributed by atoms with E-state index in [0.29, 0.717) is 5.02 Å². The van der Waals surface area contributed by atoms with Crippen molar-refractivity contribution in [2.45, 2.75) is 6.10 Å². The van der Waals surface area contributed by atoms with E-state index < -0.39 is 18.1 Å². The van der Waals surface area contributed by atoms with Crippen molar-refractivity contribution in [3.63, 3.8) is 0 Å². The monoisotopic (exact) mass is 340 g/mol. The van der Waals surface area contributed by atoms with E-state index in [-0.39, 0.29) is 22.3 Å². The van der Waals surface area contributed by atoms with Gasteiger partial charge < -0.3 is 20.5 Å². The first-order valence-corrected chi connectivity index (χ1v) is 6.43. The summed E-state index contributed by atoms with van der Waals surface area (Å²) < 4.78 is 4.66. The molecule has 0 spiro atoms. The number of benzene rings is 1. The predicted molar refractivity (Wildman–Crippen MR) is 76.9 cm³/mol. The van der Waals surface area contributed by atoms with Crippen LogP contribution in [0.25, 0.3) is 0 Å². The van der Waals surface area contributed by atoms with Crippen molar-refractivity contribution in [3.05, 3.63) is 27.2 Å². The molecular formula is C11H11Cl3N2O4. The highest BCUT2D eigenvalue weighted by Crippen LogP contribution is 2.33. The predicted octanol–water partition coefficient (Wildman–Crippen LogP) is 2.87. The number of ether oxygens (including phenoxy) is 1. The van der Waals surface area contributed by atoms with Gasteiger partial charge in [0.2, 0.25) is 0 Å². The van der Waals surface area contributed by atoms with E-state index in [4.69, 9.17) is 39.9 Å². The Bertz CT molecular complexity index is 501. The number of hydrogen-bond acceptors (Lipinski definition) is 3. The highest BCUT2D eigenvalue weighted by Gasteiger charge is 2.18. The van der Waals surface area contributed by atoms with Crippen molar-refractivity contribution in [3.8, 4) is 0 Å². The highest BCUT2D eigenvalue weighted by molar-refractivity contribution is 6.42. The SMILES string of the molecule is COC(CNC(=O)Nc1c(Cl)cc(Cl)cc1Cl)C(=O)O. The molecule has 1 aromatic rings. The van der Waals surface area contributed by atoms with Crippen LogP contribution in [0.3, 0.4) is 0 Å². The third-order valence-corrected chi connectivity index (χ3v) is 3.07. The number of hydrogen-bond donors (Lipinski definition) is 3. The van der Waals surface area contributed by atoms with Gasteiger partial charge in [0.25, 0.3) is 0 Å². The van der Waals surface area contributed by atoms with E-state index in [9.17, 15) is 9.59 Å². The van der Waals surface area contributed by atoms with Crippen LogP contribution in [0.1, 0.15) is 0 Å². The molecular weight excluding hydrogens is 330 g/mol. The van der Waals surface area contributed by atoms with Gasteiger partial charge in [-0.2, -0.15) is 0 Å². The molecule has 0 bridgehead atoms. The zero-order chi connectivity index (χ0) is 15.3. The Hall–Kier alpha value is -1.21. The van der Waals surface area contributed by atoms with Crippen LogP contribution in [0.4, 0.5) is 10.5 Å². The van der Waals surface area contributed by atoms with Crippen molar-refractivity contribution < 1.29 is 19.4 Å². The Morgan fingerprint density at radius 3 is 2.30 bits per heavy atom. The summed E-state index contributed by atoms with van der Waals surface area (Å²) in [6.07, 6.45) is -1.14. The lowest BCUT2D eigenvalue weighted by atomic mass is 10.3. The van der Waals surface area contributed by atoms with Crippen molar-refractivity contribution in [2.24, 2.45) is 0 Å². The lowest BCUT2D eigenvalue weighted by molar-refractivity contribution is -0.147. The normalized spacial score (nSPS) is 11.8. The number of rotatable bonds is 5. The molecule has 0 heterocycles. The topological polar surface area (TPSA) is 87.7 Å². The molecule has 1 atom stereocenters. The molecule has 9 heteroatoms. The Morgan fingerprint density at radius 1 is 1.30 bits per heavy atom. The molecule has 3 N–H and O–H groups in total. The summed E-state index contributed by atoms with van der Waals surface area (Å²) in [6.45, 7) is -0.208. The molecule has 1 unspecified atom stereocenters. The first kappa shape index (κ1) is 16.8. The van der Waals surface area contributed by atoms with Gasteiger partial charge in [-0.15, -0.1) is 0 Å². The minimum absolute atomic E-state index is 0.166. The summed E-state index contributed by atoms with van der Waals surface area (Å²) in [5, 5.41) is 14.1. The lowest BCUT2D eigenvalue weighted by Crippen LogP contribution is -2.39. The van der Waals surface area contributed by atoms with Gasteiger partial charge >= 0.3 is 12.0 Å². The number of halogens is 3. The quantitative estimate of drug-likeness (QED) is 0.768. The van der Waals surface area contributed by atoms with Crippen LogP contribution in [0.15, 0.2) is 12.1 Å². The molecule has 0 radical (unpaired) electrons.